The molecular weight excluding hydrogens is 556 g/mol. The number of hydrogen-bond acceptors (Lipinski definition) is 6. The molecule has 2 aromatic carbocycles. The van der Waals surface area contributed by atoms with Crippen LogP contribution in [0.15, 0.2) is 78.9 Å². The summed E-state index contributed by atoms with van der Waals surface area (Å²) in [6.07, 6.45) is 9.65. The molecule has 2 saturated heterocycles. The lowest BCUT2D eigenvalue weighted by atomic mass is 9.73. The van der Waals surface area contributed by atoms with E-state index in [-0.39, 0.29) is 25.7 Å². The summed E-state index contributed by atoms with van der Waals surface area (Å²) in [6.45, 7) is 2.04. The molecule has 1 spiro atoms. The third kappa shape index (κ3) is 4.57. The molecule has 220 valence electrons. The van der Waals surface area contributed by atoms with Crippen LogP contribution in [0, 0.1) is 11.8 Å². The van der Waals surface area contributed by atoms with E-state index in [2.05, 4.69) is 0 Å². The van der Waals surface area contributed by atoms with Crippen molar-refractivity contribution in [2.45, 2.75) is 55.9 Å². The van der Waals surface area contributed by atoms with E-state index < -0.39 is 47.0 Å². The van der Waals surface area contributed by atoms with Gasteiger partial charge in [-0.2, -0.15) is 0 Å². The van der Waals surface area contributed by atoms with E-state index in [1.807, 2.05) is 61.6 Å². The van der Waals surface area contributed by atoms with Gasteiger partial charge in [0.15, 0.2) is 0 Å². The van der Waals surface area contributed by atoms with E-state index in [0.717, 1.165) is 5.56 Å². The van der Waals surface area contributed by atoms with Crippen LogP contribution >= 0.6 is 11.6 Å². The maximum absolute atomic E-state index is 14.7. The molecule has 0 aliphatic carbocycles. The number of rotatable bonds is 6. The number of esters is 1. The molecule has 0 saturated carbocycles. The SMILES string of the molecule is CC[C@@]12/C=C\CCCOC(=O)[C@@H]1[C@H]1C(=O)N([C@@H](CO)Cc3ccccc3)C3C(=O)N(c4ccc(Cl)cc4)CC=C[C@@]31O2. The Morgan fingerprint density at radius 1 is 1.00 bits per heavy atom. The Balaban J connectivity index is 1.51. The van der Waals surface area contributed by atoms with E-state index in [9.17, 15) is 19.5 Å². The molecule has 2 amide bonds. The number of nitrogens with zero attached hydrogens (tertiary/aromatic N) is 2. The minimum atomic E-state index is -1.44. The van der Waals surface area contributed by atoms with Crippen LogP contribution in [-0.2, 0) is 30.3 Å². The first-order valence-corrected chi connectivity index (χ1v) is 15.0. The maximum atomic E-state index is 14.7. The Hall–Kier alpha value is -3.46. The molecule has 4 aliphatic rings. The first-order chi connectivity index (χ1) is 20.3. The third-order valence-corrected chi connectivity index (χ3v) is 9.38. The molecule has 4 aliphatic heterocycles. The number of halogens is 1. The van der Waals surface area contributed by atoms with Crippen molar-refractivity contribution in [3.63, 3.8) is 0 Å². The second kappa shape index (κ2) is 11.3. The molecule has 0 bridgehead atoms. The van der Waals surface area contributed by atoms with Gasteiger partial charge in [-0.1, -0.05) is 73.2 Å². The second-order valence-corrected chi connectivity index (χ2v) is 11.9. The number of fused-ring (bicyclic) bond motifs is 2. The van der Waals surface area contributed by atoms with Crippen molar-refractivity contribution in [1.82, 2.24) is 4.90 Å². The van der Waals surface area contributed by atoms with Crippen molar-refractivity contribution < 1.29 is 29.0 Å². The number of ether oxygens (including phenoxy) is 2. The second-order valence-electron chi connectivity index (χ2n) is 11.4. The molecule has 1 N–H and O–H groups in total. The molecule has 4 heterocycles. The number of hydrogen-bond donors (Lipinski definition) is 1. The average molecular weight is 591 g/mol. The Morgan fingerprint density at radius 3 is 2.48 bits per heavy atom. The van der Waals surface area contributed by atoms with Crippen LogP contribution in [0.1, 0.15) is 31.7 Å². The van der Waals surface area contributed by atoms with E-state index in [1.165, 1.54) is 4.90 Å². The highest BCUT2D eigenvalue weighted by Crippen LogP contribution is 2.58. The number of anilines is 1. The summed E-state index contributed by atoms with van der Waals surface area (Å²) < 4.78 is 12.7. The largest absolute Gasteiger partial charge is 0.465 e. The normalized spacial score (nSPS) is 32.2. The molecule has 6 rings (SSSR count). The van der Waals surface area contributed by atoms with Gasteiger partial charge in [-0.15, -0.1) is 0 Å². The topological polar surface area (TPSA) is 96.4 Å². The van der Waals surface area contributed by atoms with Crippen LogP contribution in [0.3, 0.4) is 0 Å². The number of carbonyl (C=O) groups excluding carboxylic acids is 3. The summed E-state index contributed by atoms with van der Waals surface area (Å²) in [5, 5.41) is 11.2. The minimum absolute atomic E-state index is 0.239. The van der Waals surface area contributed by atoms with E-state index in [0.29, 0.717) is 36.4 Å². The Morgan fingerprint density at radius 2 is 1.76 bits per heavy atom. The van der Waals surface area contributed by atoms with Crippen LogP contribution < -0.4 is 4.90 Å². The van der Waals surface area contributed by atoms with Gasteiger partial charge >= 0.3 is 5.97 Å². The number of aliphatic hydroxyl groups excluding tert-OH is 1. The molecule has 0 radical (unpaired) electrons. The lowest BCUT2D eigenvalue weighted by molar-refractivity contribution is -0.161. The highest BCUT2D eigenvalue weighted by molar-refractivity contribution is 6.30. The van der Waals surface area contributed by atoms with Gasteiger partial charge in [-0.3, -0.25) is 14.4 Å². The zero-order chi connectivity index (χ0) is 29.5. The van der Waals surface area contributed by atoms with Gasteiger partial charge in [0.05, 0.1) is 25.2 Å². The molecular formula is C33H35ClN2O6. The molecule has 2 fully saturated rings. The van der Waals surface area contributed by atoms with Gasteiger partial charge in [-0.05, 0) is 55.5 Å². The average Bonchev–Trinajstić information content (AvgIpc) is 3.38. The summed E-state index contributed by atoms with van der Waals surface area (Å²) in [5.74, 6) is -3.20. The van der Waals surface area contributed by atoms with E-state index in [1.54, 1.807) is 29.2 Å². The van der Waals surface area contributed by atoms with Crippen LogP contribution in [-0.4, -0.2) is 70.8 Å². The molecule has 8 nitrogen and oxygen atoms in total. The van der Waals surface area contributed by atoms with Gasteiger partial charge in [0.25, 0.3) is 5.91 Å². The van der Waals surface area contributed by atoms with Crippen molar-refractivity contribution in [3.05, 3.63) is 89.5 Å². The van der Waals surface area contributed by atoms with Crippen LogP contribution in [0.25, 0.3) is 0 Å². The number of benzene rings is 2. The molecule has 2 aromatic rings. The Bertz CT molecular complexity index is 1410. The van der Waals surface area contributed by atoms with Gasteiger partial charge in [-0.25, -0.2) is 0 Å². The number of cyclic esters (lactones) is 1. The number of amides is 2. The summed E-state index contributed by atoms with van der Waals surface area (Å²) in [6, 6.07) is 14.6. The zero-order valence-electron chi connectivity index (χ0n) is 23.5. The van der Waals surface area contributed by atoms with E-state index >= 15 is 0 Å². The summed E-state index contributed by atoms with van der Waals surface area (Å²) >= 11 is 6.14. The molecule has 6 atom stereocenters. The van der Waals surface area contributed by atoms with Crippen molar-refractivity contribution in [2.75, 3.05) is 24.7 Å². The molecule has 0 aromatic heterocycles. The lowest BCUT2D eigenvalue weighted by Gasteiger charge is -2.40. The van der Waals surface area contributed by atoms with Crippen molar-refractivity contribution in [1.29, 1.82) is 0 Å². The monoisotopic (exact) mass is 590 g/mol. The van der Waals surface area contributed by atoms with Crippen molar-refractivity contribution in [3.8, 4) is 0 Å². The van der Waals surface area contributed by atoms with Crippen molar-refractivity contribution >= 4 is 35.1 Å². The standard InChI is InChI=1S/C33H35ClN2O6/c1-2-32-16-7-4-8-19-41-31(40)27(32)26-29(38)36(25(21-37)20-22-10-5-3-6-11-22)28-30(39)35(18-9-17-33(26,28)42-32)24-14-12-23(34)13-15-24/h3,5-7,9-17,25-28,37H,2,4,8,18-21H2,1H3/b16-7-/t25-,26+,27+,28?,32-,33+/m1/s1. The van der Waals surface area contributed by atoms with Gasteiger partial charge < -0.3 is 24.4 Å². The first kappa shape index (κ1) is 28.6. The highest BCUT2D eigenvalue weighted by Gasteiger charge is 2.76. The fraction of sp³-hybridized carbons (Fsp3) is 0.424. The Kier molecular flexibility index (Phi) is 7.72. The van der Waals surface area contributed by atoms with Gasteiger partial charge in [0.2, 0.25) is 5.91 Å². The fourth-order valence-electron chi connectivity index (χ4n) is 7.20. The maximum Gasteiger partial charge on any atom is 0.313 e. The van der Waals surface area contributed by atoms with Gasteiger partial charge in [0, 0.05) is 17.3 Å². The molecule has 42 heavy (non-hydrogen) atoms. The predicted molar refractivity (Wildman–Crippen MR) is 158 cm³/mol. The smallest absolute Gasteiger partial charge is 0.313 e. The number of aliphatic hydroxyl groups is 1. The summed E-state index contributed by atoms with van der Waals surface area (Å²) in [7, 11) is 0. The predicted octanol–water partition coefficient (Wildman–Crippen LogP) is 4.10. The first-order valence-electron chi connectivity index (χ1n) is 14.6. The number of carbonyl (C=O) groups is 3. The summed E-state index contributed by atoms with van der Waals surface area (Å²) in [5.41, 5.74) is -1.03. The Labute approximate surface area is 250 Å². The van der Waals surface area contributed by atoms with Crippen LogP contribution in [0.4, 0.5) is 5.69 Å². The van der Waals surface area contributed by atoms with Crippen LogP contribution in [0.2, 0.25) is 5.02 Å². The third-order valence-electron chi connectivity index (χ3n) is 9.13. The molecule has 9 heteroatoms. The lowest BCUT2D eigenvalue weighted by Crippen LogP contribution is -2.59. The van der Waals surface area contributed by atoms with Crippen LogP contribution in [0.5, 0.6) is 0 Å². The number of likely N-dealkylation sites (tertiary alicyclic amines) is 1. The van der Waals surface area contributed by atoms with E-state index in [4.69, 9.17) is 21.1 Å². The zero-order valence-corrected chi connectivity index (χ0v) is 24.3. The van der Waals surface area contributed by atoms with Crippen molar-refractivity contribution in [2.24, 2.45) is 11.8 Å². The minimum Gasteiger partial charge on any atom is -0.465 e. The fourth-order valence-corrected chi connectivity index (χ4v) is 7.32. The number of allylic oxidation sites excluding steroid dienone is 1. The molecule has 1 unspecified atom stereocenters. The van der Waals surface area contributed by atoms with Gasteiger partial charge in [0.1, 0.15) is 23.2 Å². The quantitative estimate of drug-likeness (QED) is 0.402. The highest BCUT2D eigenvalue weighted by atomic mass is 35.5. The summed E-state index contributed by atoms with van der Waals surface area (Å²) in [4.78, 5) is 46.3.